The molecule has 7 nitrogen and oxygen atoms in total. The van der Waals surface area contributed by atoms with E-state index in [4.69, 9.17) is 0 Å². The molecule has 7 heteroatoms. The number of para-hydroxylation sites is 1. The summed E-state index contributed by atoms with van der Waals surface area (Å²) in [6.07, 6.45) is 3.42. The third-order valence-electron chi connectivity index (χ3n) is 4.71. The van der Waals surface area contributed by atoms with Crippen LogP contribution < -0.4 is 0 Å². The molecule has 3 aromatic heterocycles. The Bertz CT molecular complexity index is 1320. The van der Waals surface area contributed by atoms with Gasteiger partial charge in [0, 0.05) is 0 Å². The van der Waals surface area contributed by atoms with Gasteiger partial charge in [-0.1, -0.05) is 24.3 Å². The summed E-state index contributed by atoms with van der Waals surface area (Å²) in [6.45, 7) is 4.10. The Morgan fingerprint density at radius 1 is 0.963 bits per heavy atom. The normalized spacial score (nSPS) is 11.5. The number of fused-ring (bicyclic) bond motifs is 3. The molecule has 3 heterocycles. The average molecular weight is 356 g/mol. The Labute approximate surface area is 154 Å². The van der Waals surface area contributed by atoms with Crippen LogP contribution in [0.5, 0.6) is 5.75 Å². The monoisotopic (exact) mass is 356 g/mol. The molecule has 132 valence electrons. The average Bonchev–Trinajstić information content (AvgIpc) is 3.28. The van der Waals surface area contributed by atoms with Gasteiger partial charge in [-0.15, -0.1) is 10.2 Å². The van der Waals surface area contributed by atoms with E-state index in [1.54, 1.807) is 35.1 Å². The Morgan fingerprint density at radius 2 is 1.81 bits per heavy atom. The number of phenolic OH excluding ortho intramolecular Hbond substituents is 1. The molecule has 5 aromatic rings. The summed E-state index contributed by atoms with van der Waals surface area (Å²) in [7, 11) is 0. The van der Waals surface area contributed by atoms with E-state index in [9.17, 15) is 5.11 Å². The molecule has 0 bridgehead atoms. The number of aromatic hydroxyl groups is 1. The molecule has 2 aromatic carbocycles. The molecule has 0 saturated heterocycles. The number of hydrogen-bond donors (Lipinski definition) is 1. The summed E-state index contributed by atoms with van der Waals surface area (Å²) in [6, 6.07) is 13.3. The fourth-order valence-electron chi connectivity index (χ4n) is 3.29. The quantitative estimate of drug-likeness (QED) is 0.524. The molecule has 0 aliphatic rings. The van der Waals surface area contributed by atoms with Crippen molar-refractivity contribution in [3.05, 3.63) is 66.1 Å². The highest BCUT2D eigenvalue weighted by molar-refractivity contribution is 5.90. The van der Waals surface area contributed by atoms with Gasteiger partial charge in [-0.25, -0.2) is 9.67 Å². The standard InChI is InChI=1S/C20H16N6O/c1-12-7-8-13(2)16(9-12)26-18-15(10-22-26)20-24-23-19(25(20)11-21-18)14-5-3-4-6-17(14)27/h3-11,27H,1-2H3. The van der Waals surface area contributed by atoms with Gasteiger partial charge in [-0.2, -0.15) is 5.10 Å². The van der Waals surface area contributed by atoms with Gasteiger partial charge in [0.1, 0.15) is 12.1 Å². The van der Waals surface area contributed by atoms with Gasteiger partial charge < -0.3 is 5.11 Å². The fraction of sp³-hybridized carbons (Fsp3) is 0.100. The lowest BCUT2D eigenvalue weighted by Gasteiger charge is -2.08. The van der Waals surface area contributed by atoms with E-state index in [2.05, 4.69) is 45.4 Å². The van der Waals surface area contributed by atoms with Crippen LogP contribution in [0, 0.1) is 13.8 Å². The van der Waals surface area contributed by atoms with Gasteiger partial charge in [-0.3, -0.25) is 4.40 Å². The minimum Gasteiger partial charge on any atom is -0.507 e. The second-order valence-electron chi connectivity index (χ2n) is 6.56. The molecule has 0 aliphatic heterocycles. The van der Waals surface area contributed by atoms with Crippen LogP contribution in [-0.2, 0) is 0 Å². The van der Waals surface area contributed by atoms with Gasteiger partial charge >= 0.3 is 0 Å². The van der Waals surface area contributed by atoms with Crippen molar-refractivity contribution in [3.8, 4) is 22.8 Å². The van der Waals surface area contributed by atoms with E-state index in [1.807, 2.05) is 17.7 Å². The maximum absolute atomic E-state index is 10.1. The second kappa shape index (κ2) is 5.63. The Balaban J connectivity index is 1.76. The van der Waals surface area contributed by atoms with Crippen LogP contribution in [-0.4, -0.2) is 34.5 Å². The van der Waals surface area contributed by atoms with E-state index >= 15 is 0 Å². The zero-order chi connectivity index (χ0) is 18.5. The first-order chi connectivity index (χ1) is 13.1. The number of benzene rings is 2. The molecule has 27 heavy (non-hydrogen) atoms. The fourth-order valence-corrected chi connectivity index (χ4v) is 3.29. The summed E-state index contributed by atoms with van der Waals surface area (Å²) in [5.74, 6) is 0.690. The van der Waals surface area contributed by atoms with Gasteiger partial charge in [0.25, 0.3) is 0 Å². The third-order valence-corrected chi connectivity index (χ3v) is 4.71. The first-order valence-electron chi connectivity index (χ1n) is 8.57. The smallest absolute Gasteiger partial charge is 0.175 e. The van der Waals surface area contributed by atoms with Crippen molar-refractivity contribution in [2.75, 3.05) is 0 Å². The molecule has 0 amide bonds. The van der Waals surface area contributed by atoms with E-state index in [0.29, 0.717) is 22.7 Å². The Kier molecular flexibility index (Phi) is 3.24. The maximum Gasteiger partial charge on any atom is 0.175 e. The molecule has 0 radical (unpaired) electrons. The van der Waals surface area contributed by atoms with E-state index < -0.39 is 0 Å². The molecule has 0 saturated carbocycles. The topological polar surface area (TPSA) is 81.1 Å². The van der Waals surface area contributed by atoms with Crippen molar-refractivity contribution in [3.63, 3.8) is 0 Å². The van der Waals surface area contributed by atoms with E-state index in [-0.39, 0.29) is 5.75 Å². The van der Waals surface area contributed by atoms with Crippen molar-refractivity contribution in [1.82, 2.24) is 29.4 Å². The largest absolute Gasteiger partial charge is 0.507 e. The summed E-state index contributed by atoms with van der Waals surface area (Å²) in [5, 5.41) is 24.1. The number of rotatable bonds is 2. The number of hydrogen-bond acceptors (Lipinski definition) is 5. The van der Waals surface area contributed by atoms with E-state index in [1.165, 1.54) is 0 Å². The number of phenols is 1. The van der Waals surface area contributed by atoms with Crippen LogP contribution in [0.4, 0.5) is 0 Å². The Hall–Kier alpha value is -3.74. The van der Waals surface area contributed by atoms with Crippen LogP contribution in [0.1, 0.15) is 11.1 Å². The predicted octanol–water partition coefficient (Wildman–Crippen LogP) is 3.45. The number of nitrogens with zero attached hydrogens (tertiary/aromatic N) is 6. The summed E-state index contributed by atoms with van der Waals surface area (Å²) in [4.78, 5) is 4.61. The van der Waals surface area contributed by atoms with Crippen molar-refractivity contribution in [2.45, 2.75) is 13.8 Å². The third kappa shape index (κ3) is 2.28. The van der Waals surface area contributed by atoms with Gasteiger partial charge in [0.05, 0.1) is 22.8 Å². The van der Waals surface area contributed by atoms with Crippen molar-refractivity contribution in [1.29, 1.82) is 0 Å². The highest BCUT2D eigenvalue weighted by atomic mass is 16.3. The molecule has 0 aliphatic carbocycles. The summed E-state index contributed by atoms with van der Waals surface area (Å²) >= 11 is 0. The zero-order valence-electron chi connectivity index (χ0n) is 14.8. The van der Waals surface area contributed by atoms with Crippen molar-refractivity contribution < 1.29 is 5.11 Å². The first kappa shape index (κ1) is 15.5. The maximum atomic E-state index is 10.1. The van der Waals surface area contributed by atoms with Gasteiger partial charge in [0.15, 0.2) is 17.1 Å². The summed E-state index contributed by atoms with van der Waals surface area (Å²) in [5.41, 5.74) is 5.23. The molecule has 5 rings (SSSR count). The van der Waals surface area contributed by atoms with Crippen molar-refractivity contribution in [2.24, 2.45) is 0 Å². The Morgan fingerprint density at radius 3 is 2.67 bits per heavy atom. The van der Waals surface area contributed by atoms with Crippen LogP contribution in [0.15, 0.2) is 55.0 Å². The number of aryl methyl sites for hydroxylation is 2. The lowest BCUT2D eigenvalue weighted by Crippen LogP contribution is -2.01. The van der Waals surface area contributed by atoms with Crippen LogP contribution >= 0.6 is 0 Å². The van der Waals surface area contributed by atoms with Crippen LogP contribution in [0.2, 0.25) is 0 Å². The van der Waals surface area contributed by atoms with Gasteiger partial charge in [0.2, 0.25) is 0 Å². The highest BCUT2D eigenvalue weighted by Gasteiger charge is 2.17. The van der Waals surface area contributed by atoms with Crippen molar-refractivity contribution >= 4 is 16.7 Å². The van der Waals surface area contributed by atoms with E-state index in [0.717, 1.165) is 22.2 Å². The highest BCUT2D eigenvalue weighted by Crippen LogP contribution is 2.29. The number of aromatic nitrogens is 6. The molecular weight excluding hydrogens is 340 g/mol. The second-order valence-corrected chi connectivity index (χ2v) is 6.56. The van der Waals surface area contributed by atoms with Crippen LogP contribution in [0.25, 0.3) is 33.8 Å². The molecule has 0 fully saturated rings. The minimum atomic E-state index is 0.151. The van der Waals surface area contributed by atoms with Crippen LogP contribution in [0.3, 0.4) is 0 Å². The SMILES string of the molecule is Cc1ccc(C)c(-n2ncc3c2ncn2c(-c4ccccc4O)nnc32)c1. The zero-order valence-corrected chi connectivity index (χ0v) is 14.8. The lowest BCUT2D eigenvalue weighted by molar-refractivity contribution is 0.477. The lowest BCUT2D eigenvalue weighted by atomic mass is 10.1. The predicted molar refractivity (Wildman–Crippen MR) is 102 cm³/mol. The molecule has 1 N–H and O–H groups in total. The summed E-state index contributed by atoms with van der Waals surface area (Å²) < 4.78 is 3.60. The van der Waals surface area contributed by atoms with Gasteiger partial charge in [-0.05, 0) is 43.2 Å². The molecule has 0 atom stereocenters. The minimum absolute atomic E-state index is 0.151. The molecule has 0 unspecified atom stereocenters. The first-order valence-corrected chi connectivity index (χ1v) is 8.57. The molecular formula is C20H16N6O. The molecule has 0 spiro atoms.